The second-order valence-corrected chi connectivity index (χ2v) is 9.74. The molecule has 0 spiro atoms. The molecule has 0 radical (unpaired) electrons. The lowest BCUT2D eigenvalue weighted by molar-refractivity contribution is 0.0785. The van der Waals surface area contributed by atoms with E-state index in [1.54, 1.807) is 36.2 Å². The molecule has 2 aromatic carbocycles. The van der Waals surface area contributed by atoms with E-state index in [0.717, 1.165) is 18.7 Å². The molecule has 0 unspecified atom stereocenters. The minimum Gasteiger partial charge on any atom is -0.371 e. The molecule has 6 heteroatoms. The number of hydrogen-bond donors (Lipinski definition) is 0. The van der Waals surface area contributed by atoms with Gasteiger partial charge in [-0.05, 0) is 48.6 Å². The first-order valence-electron chi connectivity index (χ1n) is 9.68. The fraction of sp³-hybridized carbons (Fsp3) is 0.409. The molecule has 0 N–H and O–H groups in total. The molecule has 1 amide bonds. The lowest BCUT2D eigenvalue weighted by Gasteiger charge is -2.31. The summed E-state index contributed by atoms with van der Waals surface area (Å²) < 4.78 is 22.8. The number of para-hydroxylation sites is 1. The molecular formula is C22H28N2O3S. The topological polar surface area (TPSA) is 57.7 Å². The van der Waals surface area contributed by atoms with Crippen LogP contribution in [-0.2, 0) is 22.1 Å². The molecule has 150 valence electrons. The summed E-state index contributed by atoms with van der Waals surface area (Å²) in [7, 11) is -1.28. The summed E-state index contributed by atoms with van der Waals surface area (Å²) in [5.74, 6) is -0.0834. The summed E-state index contributed by atoms with van der Waals surface area (Å²) in [6.45, 7) is 2.67. The summed E-state index contributed by atoms with van der Waals surface area (Å²) >= 11 is 0. The molecule has 3 rings (SSSR count). The van der Waals surface area contributed by atoms with Crippen molar-refractivity contribution >= 4 is 21.4 Å². The van der Waals surface area contributed by atoms with E-state index in [2.05, 4.69) is 23.1 Å². The highest BCUT2D eigenvalue weighted by Gasteiger charge is 2.18. The monoisotopic (exact) mass is 400 g/mol. The smallest absolute Gasteiger partial charge is 0.253 e. The molecule has 2 aromatic rings. The molecule has 1 aliphatic rings. The third-order valence-corrected chi connectivity index (χ3v) is 5.93. The third kappa shape index (κ3) is 5.35. The van der Waals surface area contributed by atoms with Crippen LogP contribution in [0, 0.1) is 0 Å². The number of carbonyl (C=O) groups excluding carboxylic acids is 1. The lowest BCUT2D eigenvalue weighted by Crippen LogP contribution is -2.32. The van der Waals surface area contributed by atoms with Gasteiger partial charge in [0.1, 0.15) is 0 Å². The second kappa shape index (κ2) is 8.78. The Morgan fingerprint density at radius 3 is 2.29 bits per heavy atom. The summed E-state index contributed by atoms with van der Waals surface area (Å²) in [5, 5.41) is 0. The number of benzene rings is 2. The highest BCUT2D eigenvalue weighted by atomic mass is 32.2. The van der Waals surface area contributed by atoms with Crippen molar-refractivity contribution < 1.29 is 13.2 Å². The quantitative estimate of drug-likeness (QED) is 0.745. The normalized spacial score (nSPS) is 14.7. The van der Waals surface area contributed by atoms with Crippen LogP contribution in [0.25, 0.3) is 0 Å². The van der Waals surface area contributed by atoms with Gasteiger partial charge in [0.25, 0.3) is 5.91 Å². The van der Waals surface area contributed by atoms with Gasteiger partial charge >= 0.3 is 0 Å². The fourth-order valence-corrected chi connectivity index (χ4v) is 4.48. The number of nitrogens with zero attached hydrogens (tertiary/aromatic N) is 2. The van der Waals surface area contributed by atoms with E-state index in [0.29, 0.717) is 17.7 Å². The van der Waals surface area contributed by atoms with Gasteiger partial charge in [0.05, 0.1) is 5.75 Å². The number of amides is 1. The fourth-order valence-electron chi connectivity index (χ4n) is 3.68. The highest BCUT2D eigenvalue weighted by Crippen LogP contribution is 2.25. The number of carbonyl (C=O) groups is 1. The molecular weight excluding hydrogens is 372 g/mol. The number of sulfone groups is 1. The van der Waals surface area contributed by atoms with Gasteiger partial charge in [0.2, 0.25) is 0 Å². The molecule has 1 saturated heterocycles. The van der Waals surface area contributed by atoms with E-state index in [-0.39, 0.29) is 11.7 Å². The van der Waals surface area contributed by atoms with Crippen LogP contribution in [0.1, 0.15) is 40.7 Å². The maximum absolute atomic E-state index is 12.8. The van der Waals surface area contributed by atoms with E-state index >= 15 is 0 Å². The van der Waals surface area contributed by atoms with Crippen LogP contribution in [0.15, 0.2) is 48.5 Å². The maximum Gasteiger partial charge on any atom is 0.253 e. The summed E-state index contributed by atoms with van der Waals surface area (Å²) in [6.07, 6.45) is 4.91. The molecule has 5 nitrogen and oxygen atoms in total. The molecule has 0 aliphatic carbocycles. The molecule has 0 aromatic heterocycles. The Morgan fingerprint density at radius 1 is 1.00 bits per heavy atom. The molecule has 0 atom stereocenters. The van der Waals surface area contributed by atoms with Crippen LogP contribution in [-0.4, -0.2) is 45.6 Å². The third-order valence-electron chi connectivity index (χ3n) is 5.07. The van der Waals surface area contributed by atoms with Crippen molar-refractivity contribution in [1.29, 1.82) is 0 Å². The van der Waals surface area contributed by atoms with Gasteiger partial charge in [0, 0.05) is 44.2 Å². The summed E-state index contributed by atoms with van der Waals surface area (Å²) in [6, 6.07) is 15.1. The van der Waals surface area contributed by atoms with Crippen LogP contribution in [0.5, 0.6) is 0 Å². The van der Waals surface area contributed by atoms with Crippen LogP contribution >= 0.6 is 0 Å². The van der Waals surface area contributed by atoms with Crippen molar-refractivity contribution in [2.45, 2.75) is 31.6 Å². The molecule has 1 fully saturated rings. The largest absolute Gasteiger partial charge is 0.371 e. The van der Waals surface area contributed by atoms with Crippen LogP contribution in [0.3, 0.4) is 0 Å². The first-order valence-corrected chi connectivity index (χ1v) is 11.7. The summed E-state index contributed by atoms with van der Waals surface area (Å²) in [5.41, 5.74) is 3.62. The highest BCUT2D eigenvalue weighted by molar-refractivity contribution is 7.89. The number of rotatable bonds is 6. The SMILES string of the molecule is CN(Cc1ccccc1N1CCCCC1)C(=O)c1ccc(CS(C)(=O)=O)cc1. The van der Waals surface area contributed by atoms with Crippen molar-refractivity contribution in [3.8, 4) is 0 Å². The predicted molar refractivity (Wildman–Crippen MR) is 113 cm³/mol. The molecule has 1 aliphatic heterocycles. The standard InChI is InChI=1S/C22H28N2O3S/c1-23(22(25)19-12-10-18(11-13-19)17-28(2,26)27)16-20-8-4-5-9-21(20)24-14-6-3-7-15-24/h4-5,8-13H,3,6-7,14-17H2,1-2H3. The van der Waals surface area contributed by atoms with Crippen LogP contribution in [0.2, 0.25) is 0 Å². The first-order chi connectivity index (χ1) is 13.3. The van der Waals surface area contributed by atoms with Crippen LogP contribution < -0.4 is 4.90 Å². The van der Waals surface area contributed by atoms with Gasteiger partial charge < -0.3 is 9.80 Å². The number of piperidine rings is 1. The zero-order valence-electron chi connectivity index (χ0n) is 16.6. The van der Waals surface area contributed by atoms with Gasteiger partial charge in [-0.2, -0.15) is 0 Å². The second-order valence-electron chi connectivity index (χ2n) is 7.60. The maximum atomic E-state index is 12.8. The van der Waals surface area contributed by atoms with Gasteiger partial charge in [-0.25, -0.2) is 8.42 Å². The van der Waals surface area contributed by atoms with Crippen molar-refractivity contribution in [3.05, 3.63) is 65.2 Å². The van der Waals surface area contributed by atoms with Crippen molar-refractivity contribution in [1.82, 2.24) is 4.90 Å². The van der Waals surface area contributed by atoms with E-state index in [1.165, 1.54) is 31.2 Å². The number of hydrogen-bond acceptors (Lipinski definition) is 4. The van der Waals surface area contributed by atoms with Crippen molar-refractivity contribution in [2.24, 2.45) is 0 Å². The van der Waals surface area contributed by atoms with Gasteiger partial charge in [0.15, 0.2) is 9.84 Å². The van der Waals surface area contributed by atoms with Gasteiger partial charge in [-0.15, -0.1) is 0 Å². The predicted octanol–water partition coefficient (Wildman–Crippen LogP) is 3.49. The molecule has 1 heterocycles. The zero-order valence-corrected chi connectivity index (χ0v) is 17.4. The van der Waals surface area contributed by atoms with Gasteiger partial charge in [-0.3, -0.25) is 4.79 Å². The van der Waals surface area contributed by atoms with E-state index in [4.69, 9.17) is 0 Å². The molecule has 0 bridgehead atoms. The van der Waals surface area contributed by atoms with E-state index in [1.807, 2.05) is 6.07 Å². The Hall–Kier alpha value is -2.34. The minimum atomic E-state index is -3.08. The molecule has 0 saturated carbocycles. The Kier molecular flexibility index (Phi) is 6.39. The van der Waals surface area contributed by atoms with E-state index < -0.39 is 9.84 Å². The Balaban J connectivity index is 1.71. The lowest BCUT2D eigenvalue weighted by atomic mass is 10.1. The van der Waals surface area contributed by atoms with Gasteiger partial charge in [-0.1, -0.05) is 30.3 Å². The Morgan fingerprint density at radius 2 is 1.64 bits per heavy atom. The average molecular weight is 401 g/mol. The van der Waals surface area contributed by atoms with Crippen LogP contribution in [0.4, 0.5) is 5.69 Å². The van der Waals surface area contributed by atoms with Crippen molar-refractivity contribution in [2.75, 3.05) is 31.3 Å². The Bertz CT molecular complexity index is 917. The Labute approximate surface area is 167 Å². The minimum absolute atomic E-state index is 0.0134. The zero-order chi connectivity index (χ0) is 20.1. The summed E-state index contributed by atoms with van der Waals surface area (Å²) in [4.78, 5) is 17.0. The molecule has 28 heavy (non-hydrogen) atoms. The van der Waals surface area contributed by atoms with E-state index in [9.17, 15) is 13.2 Å². The number of anilines is 1. The van der Waals surface area contributed by atoms with Crippen molar-refractivity contribution in [3.63, 3.8) is 0 Å². The first kappa shape index (κ1) is 20.4. The average Bonchev–Trinajstić information content (AvgIpc) is 2.68.